The van der Waals surface area contributed by atoms with Gasteiger partial charge in [0.2, 0.25) is 0 Å². The Morgan fingerprint density at radius 2 is 2.06 bits per heavy atom. The van der Waals surface area contributed by atoms with E-state index in [0.717, 1.165) is 5.39 Å². The van der Waals surface area contributed by atoms with Crippen LogP contribution in [0.15, 0.2) is 36.5 Å². The molecule has 0 saturated carbocycles. The molecule has 0 fully saturated rings. The van der Waals surface area contributed by atoms with Crippen molar-refractivity contribution in [3.63, 3.8) is 0 Å². The molecule has 2 aromatic heterocycles. The molecule has 0 aliphatic rings. The Labute approximate surface area is 90.1 Å². The molecule has 0 unspecified atom stereocenters. The Kier molecular flexibility index (Phi) is 1.77. The number of carbonyl (C=O) groups excluding carboxylic acids is 1. The lowest BCUT2D eigenvalue weighted by molar-refractivity contribution is 0.111. The molecule has 0 amide bonds. The van der Waals surface area contributed by atoms with E-state index in [9.17, 15) is 9.18 Å². The summed E-state index contributed by atoms with van der Waals surface area (Å²) >= 11 is 0. The Morgan fingerprint density at radius 3 is 2.88 bits per heavy atom. The van der Waals surface area contributed by atoms with Gasteiger partial charge in [-0.05, 0) is 35.7 Å². The van der Waals surface area contributed by atoms with Gasteiger partial charge in [-0.3, -0.25) is 9.20 Å². The van der Waals surface area contributed by atoms with Crippen molar-refractivity contribution in [1.29, 1.82) is 0 Å². The number of hydrogen-bond donors (Lipinski definition) is 0. The highest BCUT2D eigenvalue weighted by molar-refractivity contribution is 5.86. The van der Waals surface area contributed by atoms with Crippen LogP contribution in [0.4, 0.5) is 4.39 Å². The molecule has 3 nitrogen and oxygen atoms in total. The van der Waals surface area contributed by atoms with Crippen molar-refractivity contribution in [3.8, 4) is 0 Å². The van der Waals surface area contributed by atoms with Crippen LogP contribution >= 0.6 is 0 Å². The fourth-order valence-corrected chi connectivity index (χ4v) is 1.86. The molecule has 3 aromatic rings. The average Bonchev–Trinajstić information content (AvgIpc) is 2.72. The first-order valence-corrected chi connectivity index (χ1v) is 4.80. The molecule has 0 aliphatic carbocycles. The maximum Gasteiger partial charge on any atom is 0.168 e. The Morgan fingerprint density at radius 1 is 1.25 bits per heavy atom. The third-order valence-corrected chi connectivity index (χ3v) is 2.58. The number of rotatable bonds is 1. The summed E-state index contributed by atoms with van der Waals surface area (Å²) in [7, 11) is 0. The highest BCUT2D eigenvalue weighted by Gasteiger charge is 2.06. The molecule has 1 aromatic carbocycles. The van der Waals surface area contributed by atoms with Crippen LogP contribution < -0.4 is 0 Å². The van der Waals surface area contributed by atoms with E-state index in [1.165, 1.54) is 18.3 Å². The summed E-state index contributed by atoms with van der Waals surface area (Å²) in [5.41, 5.74) is 1.71. The van der Waals surface area contributed by atoms with Crippen molar-refractivity contribution in [1.82, 2.24) is 9.38 Å². The molecular weight excluding hydrogens is 207 g/mol. The predicted molar refractivity (Wildman–Crippen MR) is 58.0 cm³/mol. The monoisotopic (exact) mass is 214 g/mol. The third-order valence-electron chi connectivity index (χ3n) is 2.58. The van der Waals surface area contributed by atoms with Crippen molar-refractivity contribution >= 4 is 22.8 Å². The summed E-state index contributed by atoms with van der Waals surface area (Å²) in [6.07, 6.45) is 2.19. The van der Waals surface area contributed by atoms with Gasteiger partial charge >= 0.3 is 0 Å². The number of aromatic nitrogens is 2. The molecule has 0 bridgehead atoms. The van der Waals surface area contributed by atoms with Crippen LogP contribution in [0.1, 0.15) is 10.5 Å². The van der Waals surface area contributed by atoms with Crippen LogP contribution in [0.3, 0.4) is 0 Å². The molecule has 2 heterocycles. The van der Waals surface area contributed by atoms with E-state index in [4.69, 9.17) is 0 Å². The molecule has 0 spiro atoms. The van der Waals surface area contributed by atoms with Crippen molar-refractivity contribution in [2.24, 2.45) is 0 Å². The molecule has 4 heteroatoms. The van der Waals surface area contributed by atoms with Crippen LogP contribution in [0.5, 0.6) is 0 Å². The molecule has 0 radical (unpaired) electrons. The van der Waals surface area contributed by atoms with Crippen LogP contribution in [0, 0.1) is 5.82 Å². The highest BCUT2D eigenvalue weighted by Crippen LogP contribution is 2.19. The van der Waals surface area contributed by atoms with Crippen molar-refractivity contribution in [2.45, 2.75) is 0 Å². The largest absolute Gasteiger partial charge is 0.296 e. The summed E-state index contributed by atoms with van der Waals surface area (Å²) in [4.78, 5) is 14.9. The number of nitrogens with zero attached hydrogens (tertiary/aromatic N) is 2. The van der Waals surface area contributed by atoms with E-state index in [1.54, 1.807) is 16.5 Å². The molecule has 0 atom stereocenters. The molecule has 0 aliphatic heterocycles. The van der Waals surface area contributed by atoms with E-state index < -0.39 is 0 Å². The van der Waals surface area contributed by atoms with Crippen LogP contribution in [-0.2, 0) is 0 Å². The number of fused-ring (bicyclic) bond motifs is 3. The van der Waals surface area contributed by atoms with Gasteiger partial charge in [0.05, 0.1) is 11.7 Å². The second-order valence-corrected chi connectivity index (χ2v) is 3.53. The molecular formula is C12H7FN2O. The van der Waals surface area contributed by atoms with E-state index in [-0.39, 0.29) is 5.82 Å². The molecule has 78 valence electrons. The lowest BCUT2D eigenvalue weighted by Crippen LogP contribution is -1.93. The van der Waals surface area contributed by atoms with Gasteiger partial charge in [-0.1, -0.05) is 0 Å². The molecule has 0 N–H and O–H groups in total. The number of imidazole rings is 1. The quantitative estimate of drug-likeness (QED) is 0.583. The number of aldehydes is 1. The fraction of sp³-hybridized carbons (Fsp3) is 0. The van der Waals surface area contributed by atoms with Gasteiger partial charge in [0.15, 0.2) is 6.29 Å². The lowest BCUT2D eigenvalue weighted by atomic mass is 10.2. The standard InChI is InChI=1S/C12H7FN2O/c13-9-3-1-8-2-4-12-14-6-10(7-16)15(12)11(8)5-9/h1-7H. The van der Waals surface area contributed by atoms with Gasteiger partial charge in [0, 0.05) is 0 Å². The number of hydrogen-bond acceptors (Lipinski definition) is 2. The zero-order valence-electron chi connectivity index (χ0n) is 8.22. The molecule has 16 heavy (non-hydrogen) atoms. The van der Waals surface area contributed by atoms with Crippen molar-refractivity contribution in [3.05, 3.63) is 48.0 Å². The van der Waals surface area contributed by atoms with E-state index in [0.29, 0.717) is 23.1 Å². The van der Waals surface area contributed by atoms with Crippen LogP contribution in [-0.4, -0.2) is 15.7 Å². The maximum absolute atomic E-state index is 13.2. The topological polar surface area (TPSA) is 34.4 Å². The van der Waals surface area contributed by atoms with Crippen LogP contribution in [0.25, 0.3) is 16.6 Å². The van der Waals surface area contributed by atoms with E-state index in [2.05, 4.69) is 4.98 Å². The number of pyridine rings is 1. The summed E-state index contributed by atoms with van der Waals surface area (Å²) in [5.74, 6) is -0.328. The lowest BCUT2D eigenvalue weighted by Gasteiger charge is -2.03. The zero-order valence-corrected chi connectivity index (χ0v) is 8.22. The predicted octanol–water partition coefficient (Wildman–Crippen LogP) is 2.44. The van der Waals surface area contributed by atoms with Gasteiger partial charge in [-0.2, -0.15) is 0 Å². The number of halogens is 1. The van der Waals surface area contributed by atoms with Crippen molar-refractivity contribution in [2.75, 3.05) is 0 Å². The average molecular weight is 214 g/mol. The molecule has 3 rings (SSSR count). The number of benzene rings is 1. The smallest absolute Gasteiger partial charge is 0.168 e. The first-order valence-electron chi connectivity index (χ1n) is 4.80. The first kappa shape index (κ1) is 9.03. The van der Waals surface area contributed by atoms with Crippen LogP contribution in [0.2, 0.25) is 0 Å². The second-order valence-electron chi connectivity index (χ2n) is 3.53. The SMILES string of the molecule is O=Cc1cnc2ccc3ccc(F)cc3n12. The third kappa shape index (κ3) is 1.13. The zero-order chi connectivity index (χ0) is 11.1. The van der Waals surface area contributed by atoms with E-state index >= 15 is 0 Å². The van der Waals surface area contributed by atoms with Gasteiger partial charge in [-0.15, -0.1) is 0 Å². The van der Waals surface area contributed by atoms with E-state index in [1.807, 2.05) is 6.07 Å². The van der Waals surface area contributed by atoms with Gasteiger partial charge in [-0.25, -0.2) is 9.37 Å². The minimum atomic E-state index is -0.328. The first-order chi connectivity index (χ1) is 7.79. The summed E-state index contributed by atoms with van der Waals surface area (Å²) in [5, 5.41) is 0.870. The minimum Gasteiger partial charge on any atom is -0.296 e. The minimum absolute atomic E-state index is 0.328. The Balaban J connectivity index is 2.59. The van der Waals surface area contributed by atoms with Gasteiger partial charge in [0.25, 0.3) is 0 Å². The maximum atomic E-state index is 13.2. The second kappa shape index (κ2) is 3.13. The molecule has 0 saturated heterocycles. The summed E-state index contributed by atoms with van der Waals surface area (Å²) in [6.45, 7) is 0. The fourth-order valence-electron chi connectivity index (χ4n) is 1.86. The normalized spacial score (nSPS) is 11.1. The number of carbonyl (C=O) groups is 1. The Hall–Kier alpha value is -2.23. The summed E-state index contributed by atoms with van der Waals surface area (Å²) in [6, 6.07) is 8.13. The van der Waals surface area contributed by atoms with Crippen molar-refractivity contribution < 1.29 is 9.18 Å². The van der Waals surface area contributed by atoms with Gasteiger partial charge < -0.3 is 0 Å². The Bertz CT molecular complexity index is 703. The van der Waals surface area contributed by atoms with Gasteiger partial charge in [0.1, 0.15) is 17.2 Å². The summed E-state index contributed by atoms with van der Waals surface area (Å²) < 4.78 is 14.8. The highest BCUT2D eigenvalue weighted by atomic mass is 19.1.